The summed E-state index contributed by atoms with van der Waals surface area (Å²) in [5, 5.41) is 3.75. The highest BCUT2D eigenvalue weighted by Gasteiger charge is 2.32. The average Bonchev–Trinajstić information content (AvgIpc) is 2.62. The molecule has 0 radical (unpaired) electrons. The van der Waals surface area contributed by atoms with Gasteiger partial charge in [-0.1, -0.05) is 26.7 Å². The summed E-state index contributed by atoms with van der Waals surface area (Å²) < 4.78 is 5.86. The zero-order valence-electron chi connectivity index (χ0n) is 11.1. The van der Waals surface area contributed by atoms with E-state index in [1.807, 2.05) is 0 Å². The Morgan fingerprint density at radius 3 is 2.62 bits per heavy atom. The zero-order chi connectivity index (χ0) is 11.6. The molecule has 1 aliphatic carbocycles. The van der Waals surface area contributed by atoms with Crippen LogP contribution in [0, 0.1) is 5.41 Å². The lowest BCUT2D eigenvalue weighted by molar-refractivity contribution is 0.0476. The fraction of sp³-hybridized carbons (Fsp3) is 1.00. The van der Waals surface area contributed by atoms with Gasteiger partial charge in [-0.15, -0.1) is 0 Å². The Morgan fingerprint density at radius 1 is 1.19 bits per heavy atom. The van der Waals surface area contributed by atoms with Gasteiger partial charge in [-0.3, -0.25) is 0 Å². The van der Waals surface area contributed by atoms with E-state index in [1.54, 1.807) is 0 Å². The van der Waals surface area contributed by atoms with Crippen LogP contribution in [0.3, 0.4) is 0 Å². The maximum Gasteiger partial charge on any atom is 0.0704 e. The van der Waals surface area contributed by atoms with Gasteiger partial charge in [0.2, 0.25) is 0 Å². The highest BCUT2D eigenvalue weighted by atomic mass is 16.5. The summed E-state index contributed by atoms with van der Waals surface area (Å²) in [5.74, 6) is 0. The summed E-state index contributed by atoms with van der Waals surface area (Å²) in [4.78, 5) is 0. The molecule has 1 saturated carbocycles. The minimum Gasteiger partial charge on any atom is -0.374 e. The van der Waals surface area contributed by atoms with Gasteiger partial charge in [0.1, 0.15) is 0 Å². The first-order chi connectivity index (χ1) is 7.58. The number of hydrogen-bond acceptors (Lipinski definition) is 2. The Labute approximate surface area is 100 Å². The minimum atomic E-state index is 0.465. The molecule has 0 aromatic rings. The fourth-order valence-electron chi connectivity index (χ4n) is 3.18. The van der Waals surface area contributed by atoms with Gasteiger partial charge in [0.05, 0.1) is 12.2 Å². The molecule has 0 aromatic carbocycles. The third-order valence-corrected chi connectivity index (χ3v) is 4.42. The number of nitrogens with one attached hydrogen (secondary N) is 1. The third kappa shape index (κ3) is 2.98. The molecule has 0 aromatic heterocycles. The van der Waals surface area contributed by atoms with E-state index < -0.39 is 0 Å². The molecule has 1 saturated heterocycles. The summed E-state index contributed by atoms with van der Waals surface area (Å²) in [6, 6.07) is 0.695. The SMILES string of the molecule is CC1CCC(CNC2CCCCC2(C)C)O1. The first-order valence-corrected chi connectivity index (χ1v) is 6.97. The first-order valence-electron chi connectivity index (χ1n) is 6.97. The van der Waals surface area contributed by atoms with Crippen LogP contribution in [-0.2, 0) is 4.74 Å². The van der Waals surface area contributed by atoms with Crippen LogP contribution in [-0.4, -0.2) is 24.8 Å². The molecule has 1 N–H and O–H groups in total. The van der Waals surface area contributed by atoms with E-state index in [9.17, 15) is 0 Å². The van der Waals surface area contributed by atoms with E-state index >= 15 is 0 Å². The van der Waals surface area contributed by atoms with Crippen LogP contribution in [0.2, 0.25) is 0 Å². The molecular formula is C14H27NO. The summed E-state index contributed by atoms with van der Waals surface area (Å²) in [6.45, 7) is 8.05. The molecule has 3 unspecified atom stereocenters. The molecule has 0 bridgehead atoms. The van der Waals surface area contributed by atoms with Crippen molar-refractivity contribution in [1.29, 1.82) is 0 Å². The zero-order valence-corrected chi connectivity index (χ0v) is 11.1. The maximum atomic E-state index is 5.86. The Kier molecular flexibility index (Phi) is 3.91. The smallest absolute Gasteiger partial charge is 0.0704 e. The van der Waals surface area contributed by atoms with Crippen LogP contribution in [0.25, 0.3) is 0 Å². The number of ether oxygens (including phenoxy) is 1. The van der Waals surface area contributed by atoms with E-state index in [-0.39, 0.29) is 0 Å². The van der Waals surface area contributed by atoms with Crippen LogP contribution in [0.1, 0.15) is 59.3 Å². The van der Waals surface area contributed by atoms with Crippen molar-refractivity contribution in [3.05, 3.63) is 0 Å². The molecule has 1 aliphatic heterocycles. The van der Waals surface area contributed by atoms with Crippen molar-refractivity contribution in [3.8, 4) is 0 Å². The normalized spacial score (nSPS) is 38.8. The van der Waals surface area contributed by atoms with E-state index in [2.05, 4.69) is 26.1 Å². The van der Waals surface area contributed by atoms with Crippen molar-refractivity contribution < 1.29 is 4.74 Å². The first kappa shape index (κ1) is 12.4. The lowest BCUT2D eigenvalue weighted by Crippen LogP contribution is -2.46. The second-order valence-corrected chi connectivity index (χ2v) is 6.34. The predicted octanol–water partition coefficient (Wildman–Crippen LogP) is 3.11. The third-order valence-electron chi connectivity index (χ3n) is 4.42. The highest BCUT2D eigenvalue weighted by Crippen LogP contribution is 2.35. The molecular weight excluding hydrogens is 198 g/mol. The predicted molar refractivity (Wildman–Crippen MR) is 67.6 cm³/mol. The van der Waals surface area contributed by atoms with Crippen molar-refractivity contribution in [1.82, 2.24) is 5.32 Å². The second-order valence-electron chi connectivity index (χ2n) is 6.34. The molecule has 2 nitrogen and oxygen atoms in total. The molecule has 2 aliphatic rings. The van der Waals surface area contributed by atoms with E-state index in [0.717, 1.165) is 6.54 Å². The van der Waals surface area contributed by atoms with Gasteiger partial charge in [0.15, 0.2) is 0 Å². The van der Waals surface area contributed by atoms with Gasteiger partial charge >= 0.3 is 0 Å². The van der Waals surface area contributed by atoms with E-state index in [1.165, 1.54) is 38.5 Å². The summed E-state index contributed by atoms with van der Waals surface area (Å²) >= 11 is 0. The Hall–Kier alpha value is -0.0800. The topological polar surface area (TPSA) is 21.3 Å². The second kappa shape index (κ2) is 5.05. The van der Waals surface area contributed by atoms with Crippen LogP contribution in [0.4, 0.5) is 0 Å². The molecule has 3 atom stereocenters. The molecule has 16 heavy (non-hydrogen) atoms. The van der Waals surface area contributed by atoms with Crippen molar-refractivity contribution in [3.63, 3.8) is 0 Å². The lowest BCUT2D eigenvalue weighted by Gasteiger charge is -2.39. The quantitative estimate of drug-likeness (QED) is 0.797. The van der Waals surface area contributed by atoms with Gasteiger partial charge < -0.3 is 10.1 Å². The minimum absolute atomic E-state index is 0.465. The highest BCUT2D eigenvalue weighted by molar-refractivity contribution is 4.88. The van der Waals surface area contributed by atoms with Crippen LogP contribution in [0.15, 0.2) is 0 Å². The molecule has 0 amide bonds. The monoisotopic (exact) mass is 225 g/mol. The van der Waals surface area contributed by atoms with Gasteiger partial charge in [-0.2, -0.15) is 0 Å². The van der Waals surface area contributed by atoms with Gasteiger partial charge in [0, 0.05) is 12.6 Å². The largest absolute Gasteiger partial charge is 0.374 e. The molecule has 94 valence electrons. The lowest BCUT2D eigenvalue weighted by atomic mass is 9.73. The summed E-state index contributed by atoms with van der Waals surface area (Å²) in [6.07, 6.45) is 8.92. The Balaban J connectivity index is 1.76. The standard InChI is InChI=1S/C14H27NO/c1-11-7-8-12(16-11)10-15-13-6-4-5-9-14(13,2)3/h11-13,15H,4-10H2,1-3H3. The fourth-order valence-corrected chi connectivity index (χ4v) is 3.18. The van der Waals surface area contributed by atoms with E-state index in [4.69, 9.17) is 4.74 Å². The molecule has 2 heteroatoms. The molecule has 2 fully saturated rings. The van der Waals surface area contributed by atoms with Crippen LogP contribution < -0.4 is 5.32 Å². The summed E-state index contributed by atoms with van der Waals surface area (Å²) in [5.41, 5.74) is 0.475. The van der Waals surface area contributed by atoms with E-state index in [0.29, 0.717) is 23.7 Å². The maximum absolute atomic E-state index is 5.86. The number of hydrogen-bond donors (Lipinski definition) is 1. The van der Waals surface area contributed by atoms with Gasteiger partial charge in [-0.05, 0) is 38.0 Å². The molecule has 2 rings (SSSR count). The van der Waals surface area contributed by atoms with Gasteiger partial charge in [-0.25, -0.2) is 0 Å². The molecule has 1 heterocycles. The van der Waals surface area contributed by atoms with Crippen molar-refractivity contribution in [2.24, 2.45) is 5.41 Å². The van der Waals surface area contributed by atoms with Gasteiger partial charge in [0.25, 0.3) is 0 Å². The van der Waals surface area contributed by atoms with Crippen LogP contribution in [0.5, 0.6) is 0 Å². The number of rotatable bonds is 3. The molecule has 0 spiro atoms. The summed E-state index contributed by atoms with van der Waals surface area (Å²) in [7, 11) is 0. The van der Waals surface area contributed by atoms with Crippen molar-refractivity contribution in [2.75, 3.05) is 6.54 Å². The Morgan fingerprint density at radius 2 is 2.00 bits per heavy atom. The average molecular weight is 225 g/mol. The Bertz CT molecular complexity index is 227. The van der Waals surface area contributed by atoms with Crippen molar-refractivity contribution >= 4 is 0 Å². The van der Waals surface area contributed by atoms with Crippen molar-refractivity contribution in [2.45, 2.75) is 77.5 Å². The van der Waals surface area contributed by atoms with Crippen LogP contribution >= 0.6 is 0 Å².